The second-order valence-corrected chi connectivity index (χ2v) is 8.90. The third-order valence-corrected chi connectivity index (χ3v) is 7.22. The first-order chi connectivity index (χ1) is 12.9. The molecule has 1 fully saturated rings. The number of rotatable bonds is 3. The molecular formula is C20H21NO5S. The minimum Gasteiger partial charge on any atom is -0.497 e. The number of sulfonamides is 1. The van der Waals surface area contributed by atoms with E-state index < -0.39 is 15.6 Å². The van der Waals surface area contributed by atoms with Crippen molar-refractivity contribution in [2.75, 3.05) is 20.2 Å². The molecule has 6 nitrogen and oxygen atoms in total. The summed E-state index contributed by atoms with van der Waals surface area (Å²) in [6.07, 6.45) is 1.22. The lowest BCUT2D eigenvalue weighted by molar-refractivity contribution is 0.00584. The topological polar surface area (TPSA) is 72.9 Å². The van der Waals surface area contributed by atoms with Crippen LogP contribution in [0.4, 0.5) is 0 Å². The summed E-state index contributed by atoms with van der Waals surface area (Å²) in [6, 6.07) is 13.6. The summed E-state index contributed by atoms with van der Waals surface area (Å²) in [6.45, 7) is 0.659. The minimum atomic E-state index is -3.52. The summed E-state index contributed by atoms with van der Waals surface area (Å²) >= 11 is 0. The number of hydrogen-bond acceptors (Lipinski definition) is 5. The van der Waals surface area contributed by atoms with E-state index in [0.717, 1.165) is 0 Å². The molecule has 4 rings (SSSR count). The number of fused-ring (bicyclic) bond motifs is 1. The highest BCUT2D eigenvalue weighted by molar-refractivity contribution is 7.89. The Morgan fingerprint density at radius 2 is 1.78 bits per heavy atom. The maximum atomic E-state index is 12.8. The van der Waals surface area contributed by atoms with E-state index in [1.165, 1.54) is 4.31 Å². The van der Waals surface area contributed by atoms with Gasteiger partial charge in [0.1, 0.15) is 17.1 Å². The first-order valence-corrected chi connectivity index (χ1v) is 10.3. The van der Waals surface area contributed by atoms with Crippen molar-refractivity contribution < 1.29 is 22.7 Å². The molecule has 7 heteroatoms. The lowest BCUT2D eigenvalue weighted by Crippen LogP contribution is -2.52. The molecule has 0 N–H and O–H groups in total. The second-order valence-electron chi connectivity index (χ2n) is 6.96. The van der Waals surface area contributed by atoms with Crippen LogP contribution in [0, 0.1) is 0 Å². The van der Waals surface area contributed by atoms with Gasteiger partial charge >= 0.3 is 0 Å². The van der Waals surface area contributed by atoms with Crippen molar-refractivity contribution in [1.29, 1.82) is 0 Å². The average Bonchev–Trinajstić information content (AvgIpc) is 2.69. The van der Waals surface area contributed by atoms with E-state index >= 15 is 0 Å². The van der Waals surface area contributed by atoms with Crippen LogP contribution in [0.25, 0.3) is 0 Å². The fraction of sp³-hybridized carbons (Fsp3) is 0.350. The number of methoxy groups -OCH3 is 1. The van der Waals surface area contributed by atoms with Crippen LogP contribution in [0.15, 0.2) is 53.4 Å². The van der Waals surface area contributed by atoms with Crippen molar-refractivity contribution in [2.24, 2.45) is 0 Å². The fourth-order valence-corrected chi connectivity index (χ4v) is 5.22. The molecule has 0 amide bonds. The first kappa shape index (κ1) is 18.0. The Bertz CT molecular complexity index is 963. The van der Waals surface area contributed by atoms with Crippen LogP contribution in [-0.2, 0) is 10.0 Å². The van der Waals surface area contributed by atoms with E-state index in [0.29, 0.717) is 47.9 Å². The summed E-state index contributed by atoms with van der Waals surface area (Å²) in [5, 5.41) is 0. The van der Waals surface area contributed by atoms with Crippen LogP contribution in [0.3, 0.4) is 0 Å². The summed E-state index contributed by atoms with van der Waals surface area (Å²) in [4.78, 5) is 13.0. The summed E-state index contributed by atoms with van der Waals surface area (Å²) in [7, 11) is -1.97. The van der Waals surface area contributed by atoms with Gasteiger partial charge in [-0.05, 0) is 30.3 Å². The van der Waals surface area contributed by atoms with Gasteiger partial charge in [0.15, 0.2) is 5.78 Å². The predicted octanol–water partition coefficient (Wildman–Crippen LogP) is 2.88. The average molecular weight is 387 g/mol. The molecule has 0 atom stereocenters. The van der Waals surface area contributed by atoms with Gasteiger partial charge in [-0.15, -0.1) is 0 Å². The number of ether oxygens (including phenoxy) is 2. The zero-order chi connectivity index (χ0) is 19.1. The number of piperidine rings is 1. The number of nitrogens with zero attached hydrogens (tertiary/aromatic N) is 1. The molecule has 1 saturated heterocycles. The Morgan fingerprint density at radius 3 is 2.44 bits per heavy atom. The largest absolute Gasteiger partial charge is 0.497 e. The highest BCUT2D eigenvalue weighted by Gasteiger charge is 2.45. The zero-order valence-electron chi connectivity index (χ0n) is 15.1. The van der Waals surface area contributed by atoms with E-state index in [1.807, 2.05) is 0 Å². The smallest absolute Gasteiger partial charge is 0.243 e. The van der Waals surface area contributed by atoms with Gasteiger partial charge < -0.3 is 9.47 Å². The Kier molecular flexibility index (Phi) is 4.44. The molecule has 0 aromatic heterocycles. The summed E-state index contributed by atoms with van der Waals surface area (Å²) < 4.78 is 38.4. The van der Waals surface area contributed by atoms with E-state index in [1.54, 1.807) is 55.6 Å². The van der Waals surface area contributed by atoms with Gasteiger partial charge in [0, 0.05) is 25.9 Å². The van der Waals surface area contributed by atoms with Crippen LogP contribution in [0.2, 0.25) is 0 Å². The van der Waals surface area contributed by atoms with Gasteiger partial charge in [0.25, 0.3) is 0 Å². The van der Waals surface area contributed by atoms with Crippen molar-refractivity contribution in [3.8, 4) is 11.5 Å². The Morgan fingerprint density at radius 1 is 1.07 bits per heavy atom. The fourth-order valence-electron chi connectivity index (χ4n) is 3.75. The van der Waals surface area contributed by atoms with Gasteiger partial charge in [0.05, 0.1) is 24.0 Å². The number of hydrogen-bond donors (Lipinski definition) is 0. The molecule has 0 radical (unpaired) electrons. The van der Waals surface area contributed by atoms with E-state index in [-0.39, 0.29) is 12.2 Å². The normalized spacial score (nSPS) is 19.4. The van der Waals surface area contributed by atoms with E-state index in [2.05, 4.69) is 0 Å². The quantitative estimate of drug-likeness (QED) is 0.810. The highest BCUT2D eigenvalue weighted by Crippen LogP contribution is 2.41. The summed E-state index contributed by atoms with van der Waals surface area (Å²) in [5.41, 5.74) is -0.110. The zero-order valence-corrected chi connectivity index (χ0v) is 15.9. The van der Waals surface area contributed by atoms with E-state index in [9.17, 15) is 13.2 Å². The predicted molar refractivity (Wildman–Crippen MR) is 99.7 cm³/mol. The monoisotopic (exact) mass is 387 g/mol. The van der Waals surface area contributed by atoms with Crippen molar-refractivity contribution in [3.63, 3.8) is 0 Å². The molecule has 2 heterocycles. The van der Waals surface area contributed by atoms with Gasteiger partial charge in [-0.25, -0.2) is 8.42 Å². The maximum Gasteiger partial charge on any atom is 0.243 e. The molecule has 2 aromatic carbocycles. The minimum absolute atomic E-state index is 0.00881. The van der Waals surface area contributed by atoms with Gasteiger partial charge in [-0.2, -0.15) is 4.31 Å². The highest BCUT2D eigenvalue weighted by atomic mass is 32.2. The second kappa shape index (κ2) is 6.65. The molecule has 0 bridgehead atoms. The standard InChI is InChI=1S/C20H21NO5S/c1-25-15-7-8-19-17(13-15)18(22)14-20(26-19)9-11-21(12-10-20)27(23,24)16-5-3-2-4-6-16/h2-8,13H,9-12,14H2,1H3. The van der Waals surface area contributed by atoms with Crippen LogP contribution >= 0.6 is 0 Å². The molecular weight excluding hydrogens is 366 g/mol. The van der Waals surface area contributed by atoms with Crippen molar-refractivity contribution in [3.05, 3.63) is 54.1 Å². The van der Waals surface area contributed by atoms with Crippen LogP contribution in [0.5, 0.6) is 11.5 Å². The molecule has 2 aliphatic heterocycles. The van der Waals surface area contributed by atoms with Crippen LogP contribution < -0.4 is 9.47 Å². The van der Waals surface area contributed by atoms with Gasteiger partial charge in [-0.3, -0.25) is 4.79 Å². The molecule has 0 aliphatic carbocycles. The number of Topliss-reactive ketones (excluding diaryl/α,β-unsaturated/α-hetero) is 1. The number of ketones is 1. The maximum absolute atomic E-state index is 12.8. The Balaban J connectivity index is 1.53. The molecule has 2 aliphatic rings. The number of carbonyl (C=O) groups excluding carboxylic acids is 1. The SMILES string of the molecule is COc1ccc2c(c1)C(=O)CC1(CCN(S(=O)(=O)c3ccccc3)CC1)O2. The molecule has 142 valence electrons. The first-order valence-electron chi connectivity index (χ1n) is 8.89. The Hall–Kier alpha value is -2.38. The molecule has 1 spiro atoms. The number of carbonyl (C=O) groups is 1. The lowest BCUT2D eigenvalue weighted by Gasteiger charge is -2.43. The third-order valence-electron chi connectivity index (χ3n) is 5.31. The molecule has 2 aromatic rings. The van der Waals surface area contributed by atoms with E-state index in [4.69, 9.17) is 9.47 Å². The van der Waals surface area contributed by atoms with Crippen molar-refractivity contribution in [2.45, 2.75) is 29.8 Å². The van der Waals surface area contributed by atoms with Crippen LogP contribution in [0.1, 0.15) is 29.6 Å². The third kappa shape index (κ3) is 3.21. The van der Waals surface area contributed by atoms with Gasteiger partial charge in [-0.1, -0.05) is 18.2 Å². The van der Waals surface area contributed by atoms with Crippen LogP contribution in [-0.4, -0.2) is 44.3 Å². The Labute approximate surface area is 158 Å². The van der Waals surface area contributed by atoms with Gasteiger partial charge in [0.2, 0.25) is 10.0 Å². The molecule has 0 saturated carbocycles. The molecule has 0 unspecified atom stereocenters. The molecule has 27 heavy (non-hydrogen) atoms. The summed E-state index contributed by atoms with van der Waals surface area (Å²) in [5.74, 6) is 1.17. The number of benzene rings is 2. The van der Waals surface area contributed by atoms with Crippen molar-refractivity contribution >= 4 is 15.8 Å². The lowest BCUT2D eigenvalue weighted by atomic mass is 9.83. The van der Waals surface area contributed by atoms with Crippen molar-refractivity contribution in [1.82, 2.24) is 4.31 Å².